The molecule has 0 aliphatic carbocycles. The van der Waals surface area contributed by atoms with Crippen molar-refractivity contribution >= 4 is 5.91 Å². The smallest absolute Gasteiger partial charge is 0.419 e. The molecule has 156 valence electrons. The van der Waals surface area contributed by atoms with Gasteiger partial charge in [0.25, 0.3) is 0 Å². The Balaban J connectivity index is 1.76. The zero-order chi connectivity index (χ0) is 21.2. The van der Waals surface area contributed by atoms with Crippen LogP contribution in [0.4, 0.5) is 17.6 Å². The van der Waals surface area contributed by atoms with Crippen molar-refractivity contribution in [1.82, 2.24) is 5.32 Å². The maximum atomic E-state index is 14.1. The van der Waals surface area contributed by atoms with E-state index in [2.05, 4.69) is 5.32 Å². The van der Waals surface area contributed by atoms with E-state index in [1.807, 2.05) is 0 Å². The van der Waals surface area contributed by atoms with Gasteiger partial charge in [-0.05, 0) is 19.1 Å². The molecule has 10 heteroatoms. The minimum absolute atomic E-state index is 0.0774. The summed E-state index contributed by atoms with van der Waals surface area (Å²) in [6, 6.07) is 5.61. The van der Waals surface area contributed by atoms with Crippen molar-refractivity contribution in [3.63, 3.8) is 0 Å². The number of ether oxygens (including phenoxy) is 3. The molecule has 1 heterocycles. The van der Waals surface area contributed by atoms with E-state index in [0.29, 0.717) is 17.4 Å². The molecule has 0 fully saturated rings. The number of fused-ring (bicyclic) bond motifs is 1. The van der Waals surface area contributed by atoms with Gasteiger partial charge < -0.3 is 25.3 Å². The molecule has 1 unspecified atom stereocenters. The Kier molecular flexibility index (Phi) is 5.83. The summed E-state index contributed by atoms with van der Waals surface area (Å²) in [4.78, 5) is 11.1. The van der Waals surface area contributed by atoms with Crippen molar-refractivity contribution in [2.24, 2.45) is 5.73 Å². The average molecular weight is 414 g/mol. The van der Waals surface area contributed by atoms with E-state index in [4.69, 9.17) is 19.9 Å². The van der Waals surface area contributed by atoms with Crippen molar-refractivity contribution in [2.75, 3.05) is 6.79 Å². The first-order chi connectivity index (χ1) is 13.7. The number of carbonyl (C=O) groups excluding carboxylic acids is 1. The minimum Gasteiger partial charge on any atom is -0.485 e. The third-order valence-electron chi connectivity index (χ3n) is 4.36. The molecule has 0 saturated carbocycles. The van der Waals surface area contributed by atoms with Crippen LogP contribution >= 0.6 is 0 Å². The number of halogens is 4. The van der Waals surface area contributed by atoms with Crippen LogP contribution in [0.25, 0.3) is 0 Å². The van der Waals surface area contributed by atoms with E-state index in [1.54, 1.807) is 13.0 Å². The Bertz CT molecular complexity index is 918. The summed E-state index contributed by atoms with van der Waals surface area (Å²) in [5, 5.41) is 2.93. The van der Waals surface area contributed by atoms with Crippen LogP contribution in [0.5, 0.6) is 17.2 Å². The summed E-state index contributed by atoms with van der Waals surface area (Å²) in [6.45, 7) is 1.37. The lowest BCUT2D eigenvalue weighted by molar-refractivity contribution is -0.140. The molecule has 1 aliphatic rings. The summed E-state index contributed by atoms with van der Waals surface area (Å²) in [6.07, 6.45) is -4.80. The van der Waals surface area contributed by atoms with E-state index in [0.717, 1.165) is 6.07 Å². The highest BCUT2D eigenvalue weighted by molar-refractivity contribution is 5.79. The molecule has 1 amide bonds. The summed E-state index contributed by atoms with van der Waals surface area (Å²) >= 11 is 0. The van der Waals surface area contributed by atoms with Crippen LogP contribution in [0.3, 0.4) is 0 Å². The number of hydrogen-bond acceptors (Lipinski definition) is 5. The van der Waals surface area contributed by atoms with Crippen molar-refractivity contribution in [3.05, 3.63) is 52.8 Å². The minimum atomic E-state index is -4.80. The monoisotopic (exact) mass is 414 g/mol. The number of alkyl halides is 3. The third kappa shape index (κ3) is 4.53. The molecule has 0 saturated heterocycles. The molecule has 0 aromatic heterocycles. The van der Waals surface area contributed by atoms with Crippen LogP contribution in [0.1, 0.15) is 23.6 Å². The van der Waals surface area contributed by atoms with Crippen LogP contribution < -0.4 is 25.3 Å². The van der Waals surface area contributed by atoms with Crippen molar-refractivity contribution in [3.8, 4) is 17.2 Å². The number of primary amides is 1. The van der Waals surface area contributed by atoms with Gasteiger partial charge in [-0.25, -0.2) is 4.39 Å². The first kappa shape index (κ1) is 20.7. The quantitative estimate of drug-likeness (QED) is 0.681. The second-order valence-electron chi connectivity index (χ2n) is 6.36. The van der Waals surface area contributed by atoms with Crippen molar-refractivity contribution < 1.29 is 36.6 Å². The first-order valence-electron chi connectivity index (χ1n) is 8.60. The summed E-state index contributed by atoms with van der Waals surface area (Å²) in [5.74, 6) is -1.07. The normalized spacial score (nSPS) is 14.0. The van der Waals surface area contributed by atoms with Gasteiger partial charge in [0, 0.05) is 17.7 Å². The van der Waals surface area contributed by atoms with Gasteiger partial charge >= 0.3 is 6.18 Å². The fourth-order valence-electron chi connectivity index (χ4n) is 2.71. The van der Waals surface area contributed by atoms with Crippen molar-refractivity contribution in [2.45, 2.75) is 32.3 Å². The summed E-state index contributed by atoms with van der Waals surface area (Å²) in [5.41, 5.74) is 4.28. The topological polar surface area (TPSA) is 82.8 Å². The molecule has 3 N–H and O–H groups in total. The molecule has 2 aromatic rings. The summed E-state index contributed by atoms with van der Waals surface area (Å²) < 4.78 is 69.0. The molecular formula is C19H18F4N2O4. The van der Waals surface area contributed by atoms with Gasteiger partial charge in [0.2, 0.25) is 18.4 Å². The SMILES string of the molecule is CC(NCc1ccc(OCc2cccc(C(F)(F)F)c2F)c2c1OCO2)C(N)=O. The second kappa shape index (κ2) is 8.16. The number of hydrogen-bond donors (Lipinski definition) is 2. The van der Waals surface area contributed by atoms with E-state index in [9.17, 15) is 22.4 Å². The molecule has 3 rings (SSSR count). The van der Waals surface area contributed by atoms with E-state index >= 15 is 0 Å². The zero-order valence-electron chi connectivity index (χ0n) is 15.3. The fourth-order valence-corrected chi connectivity index (χ4v) is 2.71. The Morgan fingerprint density at radius 1 is 1.21 bits per heavy atom. The maximum Gasteiger partial charge on any atom is 0.419 e. The Morgan fingerprint density at radius 3 is 2.62 bits per heavy atom. The van der Waals surface area contributed by atoms with E-state index < -0.39 is 36.1 Å². The predicted octanol–water partition coefficient (Wildman–Crippen LogP) is 3.12. The highest BCUT2D eigenvalue weighted by Crippen LogP contribution is 2.44. The van der Waals surface area contributed by atoms with Crippen molar-refractivity contribution in [1.29, 1.82) is 0 Å². The number of carbonyl (C=O) groups is 1. The van der Waals surface area contributed by atoms with Gasteiger partial charge in [-0.15, -0.1) is 0 Å². The zero-order valence-corrected chi connectivity index (χ0v) is 15.3. The Hall–Kier alpha value is -3.01. The van der Waals surface area contributed by atoms with E-state index in [1.165, 1.54) is 12.1 Å². The van der Waals surface area contributed by atoms with Gasteiger partial charge in [-0.1, -0.05) is 18.2 Å². The average Bonchev–Trinajstić information content (AvgIpc) is 3.15. The number of nitrogens with one attached hydrogen (secondary N) is 1. The van der Waals surface area contributed by atoms with Crippen LogP contribution in [-0.4, -0.2) is 18.7 Å². The lowest BCUT2D eigenvalue weighted by Gasteiger charge is -2.15. The van der Waals surface area contributed by atoms with Gasteiger partial charge in [-0.2, -0.15) is 13.2 Å². The Labute approximate surface area is 163 Å². The van der Waals surface area contributed by atoms with Crippen LogP contribution in [-0.2, 0) is 24.1 Å². The molecular weight excluding hydrogens is 396 g/mol. The Morgan fingerprint density at radius 2 is 1.93 bits per heavy atom. The molecule has 0 spiro atoms. The summed E-state index contributed by atoms with van der Waals surface area (Å²) in [7, 11) is 0. The van der Waals surface area contributed by atoms with Crippen LogP contribution in [0.15, 0.2) is 30.3 Å². The lowest BCUT2D eigenvalue weighted by Crippen LogP contribution is -2.38. The molecule has 1 aliphatic heterocycles. The number of benzene rings is 2. The standard InChI is InChI=1S/C19H18F4N2O4/c1-10(18(24)26)25-7-11-5-6-14(17-16(11)28-9-29-17)27-8-12-3-2-4-13(15(12)20)19(21,22)23/h2-6,10,25H,7-9H2,1H3,(H2,24,26). The lowest BCUT2D eigenvalue weighted by atomic mass is 10.1. The first-order valence-corrected chi connectivity index (χ1v) is 8.60. The third-order valence-corrected chi connectivity index (χ3v) is 4.36. The predicted molar refractivity (Wildman–Crippen MR) is 93.8 cm³/mol. The van der Waals surface area contributed by atoms with Crippen LogP contribution in [0, 0.1) is 5.82 Å². The number of amides is 1. The van der Waals surface area contributed by atoms with Gasteiger partial charge in [0.05, 0.1) is 11.6 Å². The fraction of sp³-hybridized carbons (Fsp3) is 0.316. The van der Waals surface area contributed by atoms with Gasteiger partial charge in [-0.3, -0.25) is 4.79 Å². The van der Waals surface area contributed by atoms with E-state index in [-0.39, 0.29) is 30.4 Å². The molecule has 1 atom stereocenters. The number of nitrogens with two attached hydrogens (primary N) is 1. The van der Waals surface area contributed by atoms with Gasteiger partial charge in [0.15, 0.2) is 11.5 Å². The molecule has 6 nitrogen and oxygen atoms in total. The largest absolute Gasteiger partial charge is 0.485 e. The van der Waals surface area contributed by atoms with Gasteiger partial charge in [0.1, 0.15) is 12.4 Å². The number of rotatable bonds is 7. The highest BCUT2D eigenvalue weighted by atomic mass is 19.4. The molecule has 2 aromatic carbocycles. The molecule has 0 bridgehead atoms. The van der Waals surface area contributed by atoms with Crippen LogP contribution in [0.2, 0.25) is 0 Å². The maximum absolute atomic E-state index is 14.1. The molecule has 29 heavy (non-hydrogen) atoms. The second-order valence-corrected chi connectivity index (χ2v) is 6.36. The molecule has 0 radical (unpaired) electrons. The highest BCUT2D eigenvalue weighted by Gasteiger charge is 2.35.